The highest BCUT2D eigenvalue weighted by molar-refractivity contribution is 6.05. The summed E-state index contributed by atoms with van der Waals surface area (Å²) < 4.78 is 6.03. The van der Waals surface area contributed by atoms with E-state index in [2.05, 4.69) is 5.32 Å². The number of ether oxygens (including phenoxy) is 1. The number of nitrogens with zero attached hydrogens (tertiary/aromatic N) is 3. The molecule has 1 fully saturated rings. The third kappa shape index (κ3) is 7.03. The molecule has 9 heteroatoms. The normalized spacial score (nSPS) is 18.9. The van der Waals surface area contributed by atoms with Gasteiger partial charge >= 0.3 is 0 Å². The molecule has 0 aliphatic carbocycles. The van der Waals surface area contributed by atoms with E-state index >= 15 is 0 Å². The maximum atomic E-state index is 13.5. The zero-order chi connectivity index (χ0) is 27.9. The van der Waals surface area contributed by atoms with Crippen LogP contribution in [0.2, 0.25) is 0 Å². The van der Waals surface area contributed by atoms with Crippen molar-refractivity contribution in [3.63, 3.8) is 0 Å². The Balaban J connectivity index is 1.48. The Morgan fingerprint density at radius 2 is 1.79 bits per heavy atom. The highest BCUT2D eigenvalue weighted by atomic mass is 16.5. The molecule has 9 nitrogen and oxygen atoms in total. The molecule has 4 rings (SSSR count). The van der Waals surface area contributed by atoms with Crippen LogP contribution in [0.15, 0.2) is 48.5 Å². The van der Waals surface area contributed by atoms with Crippen molar-refractivity contribution in [1.82, 2.24) is 14.7 Å². The molecule has 0 spiro atoms. The maximum Gasteiger partial charge on any atom is 0.248 e. The molecule has 1 N–H and O–H groups in total. The molecule has 0 radical (unpaired) electrons. The first-order valence-electron chi connectivity index (χ1n) is 13.7. The van der Waals surface area contributed by atoms with Crippen LogP contribution in [0.25, 0.3) is 0 Å². The molecule has 0 bridgehead atoms. The zero-order valence-corrected chi connectivity index (χ0v) is 23.0. The maximum absolute atomic E-state index is 13.5. The highest BCUT2D eigenvalue weighted by Crippen LogP contribution is 2.35. The van der Waals surface area contributed by atoms with Gasteiger partial charge in [0.2, 0.25) is 23.6 Å². The van der Waals surface area contributed by atoms with Gasteiger partial charge in [-0.3, -0.25) is 19.2 Å². The van der Waals surface area contributed by atoms with E-state index in [1.165, 1.54) is 4.90 Å². The largest absolute Gasteiger partial charge is 0.365 e. The Hall–Kier alpha value is -3.72. The summed E-state index contributed by atoms with van der Waals surface area (Å²) in [6.45, 7) is 7.67. The van der Waals surface area contributed by atoms with E-state index in [-0.39, 0.29) is 56.3 Å². The number of benzene rings is 2. The second-order valence-corrected chi connectivity index (χ2v) is 10.2. The van der Waals surface area contributed by atoms with Crippen LogP contribution in [-0.4, -0.2) is 90.3 Å². The molecule has 2 atom stereocenters. The molecule has 2 aliphatic heterocycles. The fourth-order valence-electron chi connectivity index (χ4n) is 5.21. The number of anilines is 1. The molecule has 0 aromatic heterocycles. The second kappa shape index (κ2) is 12.9. The number of aryl methyl sites for hydroxylation is 1. The smallest absolute Gasteiger partial charge is 0.248 e. The molecule has 39 heavy (non-hydrogen) atoms. The fourth-order valence-corrected chi connectivity index (χ4v) is 5.21. The summed E-state index contributed by atoms with van der Waals surface area (Å²) in [4.78, 5) is 57.0. The van der Waals surface area contributed by atoms with Gasteiger partial charge in [0.05, 0.1) is 18.6 Å². The number of hydrogen-bond donors (Lipinski definition) is 1. The zero-order valence-electron chi connectivity index (χ0n) is 23.0. The molecule has 2 aliphatic rings. The van der Waals surface area contributed by atoms with Crippen molar-refractivity contribution in [3.8, 4) is 0 Å². The van der Waals surface area contributed by atoms with E-state index in [1.807, 2.05) is 69.3 Å². The summed E-state index contributed by atoms with van der Waals surface area (Å²) in [5.74, 6) is -1.41. The minimum Gasteiger partial charge on any atom is -0.365 e. The number of rotatable bonds is 10. The summed E-state index contributed by atoms with van der Waals surface area (Å²) in [5.41, 5.74) is 3.64. The van der Waals surface area contributed by atoms with Gasteiger partial charge in [-0.2, -0.15) is 0 Å². The predicted molar refractivity (Wildman–Crippen MR) is 148 cm³/mol. The number of nitrogens with one attached hydrogen (secondary N) is 1. The lowest BCUT2D eigenvalue weighted by Gasteiger charge is -2.26. The van der Waals surface area contributed by atoms with Gasteiger partial charge in [-0.05, 0) is 44.4 Å². The molecule has 208 valence electrons. The topological polar surface area (TPSA) is 99.3 Å². The molecule has 4 amide bonds. The number of carbonyl (C=O) groups is 4. The molecule has 2 heterocycles. The van der Waals surface area contributed by atoms with Crippen LogP contribution in [-0.2, 0) is 30.3 Å². The van der Waals surface area contributed by atoms with E-state index in [1.54, 1.807) is 9.80 Å². The van der Waals surface area contributed by atoms with Crippen LogP contribution in [0.3, 0.4) is 0 Å². The Labute approximate surface area is 230 Å². The van der Waals surface area contributed by atoms with Crippen molar-refractivity contribution in [2.24, 2.45) is 0 Å². The summed E-state index contributed by atoms with van der Waals surface area (Å²) in [6.07, 6.45) is 0.108. The van der Waals surface area contributed by atoms with E-state index in [4.69, 9.17) is 4.74 Å². The number of carbonyl (C=O) groups excluding carboxylic acids is 4. The SMILES string of the molecule is CCN(CC)C(=O)COC1CN(CCc2ccccc2)C(=O)CN(C(=O)CC2C(=O)Nc3ccc(C)cc32)C1. The number of amides is 4. The van der Waals surface area contributed by atoms with Gasteiger partial charge in [-0.25, -0.2) is 0 Å². The van der Waals surface area contributed by atoms with Crippen LogP contribution in [0.5, 0.6) is 0 Å². The Morgan fingerprint density at radius 3 is 2.51 bits per heavy atom. The van der Waals surface area contributed by atoms with Crippen LogP contribution in [0.1, 0.15) is 42.9 Å². The molecule has 2 aromatic rings. The first-order chi connectivity index (χ1) is 18.8. The highest BCUT2D eigenvalue weighted by Gasteiger charge is 2.36. The third-order valence-corrected chi connectivity index (χ3v) is 7.49. The monoisotopic (exact) mass is 534 g/mol. The van der Waals surface area contributed by atoms with E-state index in [9.17, 15) is 19.2 Å². The minimum atomic E-state index is -0.608. The summed E-state index contributed by atoms with van der Waals surface area (Å²) in [6, 6.07) is 15.6. The van der Waals surface area contributed by atoms with Gasteiger partial charge in [0, 0.05) is 44.8 Å². The third-order valence-electron chi connectivity index (χ3n) is 7.49. The van der Waals surface area contributed by atoms with Crippen molar-refractivity contribution < 1.29 is 23.9 Å². The van der Waals surface area contributed by atoms with Gasteiger partial charge < -0.3 is 24.8 Å². The Kier molecular flexibility index (Phi) is 9.35. The molecular weight excluding hydrogens is 496 g/mol. The number of likely N-dealkylation sites (N-methyl/N-ethyl adjacent to an activating group) is 1. The van der Waals surface area contributed by atoms with Crippen LogP contribution in [0, 0.1) is 6.92 Å². The van der Waals surface area contributed by atoms with Crippen molar-refractivity contribution in [2.45, 2.75) is 45.6 Å². The van der Waals surface area contributed by atoms with Gasteiger partial charge in [0.1, 0.15) is 6.61 Å². The van der Waals surface area contributed by atoms with Crippen LogP contribution in [0.4, 0.5) is 5.69 Å². The van der Waals surface area contributed by atoms with Gasteiger partial charge in [0.25, 0.3) is 0 Å². The summed E-state index contributed by atoms with van der Waals surface area (Å²) >= 11 is 0. The van der Waals surface area contributed by atoms with Gasteiger partial charge in [-0.1, -0.05) is 48.0 Å². The van der Waals surface area contributed by atoms with E-state index in [0.717, 1.165) is 22.4 Å². The van der Waals surface area contributed by atoms with Crippen molar-refractivity contribution in [2.75, 3.05) is 51.2 Å². The average molecular weight is 535 g/mol. The van der Waals surface area contributed by atoms with Gasteiger partial charge in [-0.15, -0.1) is 0 Å². The molecule has 1 saturated heterocycles. The Morgan fingerprint density at radius 1 is 1.05 bits per heavy atom. The van der Waals surface area contributed by atoms with E-state index in [0.29, 0.717) is 26.1 Å². The summed E-state index contributed by atoms with van der Waals surface area (Å²) in [5, 5.41) is 2.85. The number of fused-ring (bicyclic) bond motifs is 1. The van der Waals surface area contributed by atoms with E-state index < -0.39 is 12.0 Å². The lowest BCUT2D eigenvalue weighted by Crippen LogP contribution is -2.42. The fraction of sp³-hybridized carbons (Fsp3) is 0.467. The van der Waals surface area contributed by atoms with Crippen LogP contribution < -0.4 is 5.32 Å². The van der Waals surface area contributed by atoms with Crippen molar-refractivity contribution in [1.29, 1.82) is 0 Å². The molecule has 0 saturated carbocycles. The first-order valence-corrected chi connectivity index (χ1v) is 13.7. The quantitative estimate of drug-likeness (QED) is 0.505. The molecule has 2 unspecified atom stereocenters. The molecule has 2 aromatic carbocycles. The molecular formula is C30H38N4O5. The van der Waals surface area contributed by atoms with Crippen molar-refractivity contribution in [3.05, 3.63) is 65.2 Å². The predicted octanol–water partition coefficient (Wildman–Crippen LogP) is 2.59. The Bertz CT molecular complexity index is 1200. The van der Waals surface area contributed by atoms with Crippen molar-refractivity contribution >= 4 is 29.3 Å². The standard InChI is InChI=1S/C30H38N4O5/c1-4-32(5-2)29(37)20-39-23-17-33(14-13-22-9-7-6-8-10-22)28(36)19-34(18-23)27(35)16-25-24-15-21(3)11-12-26(24)31-30(25)38/h6-12,15,23,25H,4-5,13-14,16-20H2,1-3H3,(H,31,38). The minimum absolute atomic E-state index is 0.0370. The average Bonchev–Trinajstić information content (AvgIpc) is 3.13. The lowest BCUT2D eigenvalue weighted by molar-refractivity contribution is -0.140. The first kappa shape index (κ1) is 28.3. The lowest BCUT2D eigenvalue weighted by atomic mass is 9.95. The van der Waals surface area contributed by atoms with Crippen LogP contribution >= 0.6 is 0 Å². The second-order valence-electron chi connectivity index (χ2n) is 10.2. The summed E-state index contributed by atoms with van der Waals surface area (Å²) in [7, 11) is 0. The van der Waals surface area contributed by atoms with Gasteiger partial charge in [0.15, 0.2) is 0 Å². The number of hydrogen-bond acceptors (Lipinski definition) is 5.